The number of amides is 3. The van der Waals surface area contributed by atoms with Crippen LogP contribution >= 0.6 is 0 Å². The molecule has 0 radical (unpaired) electrons. The van der Waals surface area contributed by atoms with Crippen LogP contribution in [0.5, 0.6) is 11.6 Å². The number of aliphatic hydroxyl groups is 1. The first kappa shape index (κ1) is 31.7. The van der Waals surface area contributed by atoms with Crippen LogP contribution in [0.1, 0.15) is 49.2 Å². The second-order valence-corrected chi connectivity index (χ2v) is 11.5. The third kappa shape index (κ3) is 7.78. The van der Waals surface area contributed by atoms with Gasteiger partial charge in [-0.05, 0) is 69.5 Å². The standard InChI is InChI=1S/C30H41N5O8/c1-6-42-27-22(9-10-25(32-27)33-11-13-34(14-12-33)28(39)41-5)26(38)31-17-24(37)23-16-19-7-8-21(36)15-20(19)18-35(23)29(40)43-30(2,3)4/h7-10,15,23-24,36-37H,6,11-14,16-18H2,1-5H3,(H,31,38)/t23-,24+/m0/s1. The molecule has 1 aromatic carbocycles. The molecule has 4 rings (SSSR count). The van der Waals surface area contributed by atoms with Gasteiger partial charge in [-0.15, -0.1) is 0 Å². The number of fused-ring (bicyclic) bond motifs is 1. The number of rotatable bonds is 7. The number of phenolic OH excluding ortho intramolecular Hbond substituents is 1. The van der Waals surface area contributed by atoms with Gasteiger partial charge in [0, 0.05) is 39.3 Å². The van der Waals surface area contributed by atoms with E-state index in [1.54, 1.807) is 62.9 Å². The molecule has 0 unspecified atom stereocenters. The van der Waals surface area contributed by atoms with E-state index in [0.717, 1.165) is 11.1 Å². The maximum atomic E-state index is 13.3. The zero-order valence-electron chi connectivity index (χ0n) is 25.3. The molecule has 2 aliphatic rings. The molecule has 1 aromatic heterocycles. The summed E-state index contributed by atoms with van der Waals surface area (Å²) in [4.78, 5) is 47.8. The second-order valence-electron chi connectivity index (χ2n) is 11.5. The van der Waals surface area contributed by atoms with Gasteiger partial charge in [-0.3, -0.25) is 9.69 Å². The third-order valence-corrected chi connectivity index (χ3v) is 7.31. The van der Waals surface area contributed by atoms with E-state index < -0.39 is 29.7 Å². The van der Waals surface area contributed by atoms with Crippen LogP contribution in [0.15, 0.2) is 30.3 Å². The zero-order valence-corrected chi connectivity index (χ0v) is 25.3. The largest absolute Gasteiger partial charge is 0.508 e. The van der Waals surface area contributed by atoms with Crippen molar-refractivity contribution in [1.29, 1.82) is 0 Å². The lowest BCUT2D eigenvalue weighted by Crippen LogP contribution is -2.54. The fourth-order valence-corrected chi connectivity index (χ4v) is 5.16. The minimum Gasteiger partial charge on any atom is -0.508 e. The highest BCUT2D eigenvalue weighted by molar-refractivity contribution is 5.96. The van der Waals surface area contributed by atoms with Crippen LogP contribution in [0.3, 0.4) is 0 Å². The van der Waals surface area contributed by atoms with Crippen molar-refractivity contribution in [2.75, 3.05) is 51.3 Å². The molecule has 2 aliphatic heterocycles. The van der Waals surface area contributed by atoms with E-state index >= 15 is 0 Å². The average molecular weight is 600 g/mol. The van der Waals surface area contributed by atoms with Gasteiger partial charge >= 0.3 is 12.2 Å². The number of pyridine rings is 1. The van der Waals surface area contributed by atoms with Crippen molar-refractivity contribution < 1.29 is 38.8 Å². The van der Waals surface area contributed by atoms with Gasteiger partial charge < -0.3 is 39.5 Å². The van der Waals surface area contributed by atoms with Crippen molar-refractivity contribution in [3.8, 4) is 11.6 Å². The number of aliphatic hydroxyl groups excluding tert-OH is 1. The molecule has 0 bridgehead atoms. The van der Waals surface area contributed by atoms with Gasteiger partial charge in [0.05, 0.1) is 25.9 Å². The molecule has 0 spiro atoms. The van der Waals surface area contributed by atoms with E-state index in [1.807, 2.05) is 4.90 Å². The first-order chi connectivity index (χ1) is 20.4. The smallest absolute Gasteiger partial charge is 0.410 e. The minimum atomic E-state index is -1.12. The Morgan fingerprint density at radius 1 is 1.07 bits per heavy atom. The summed E-state index contributed by atoms with van der Waals surface area (Å²) in [6, 6.07) is 7.60. The monoisotopic (exact) mass is 599 g/mol. The van der Waals surface area contributed by atoms with Crippen LogP contribution < -0.4 is 15.0 Å². The van der Waals surface area contributed by atoms with Crippen molar-refractivity contribution in [2.24, 2.45) is 0 Å². The van der Waals surface area contributed by atoms with Gasteiger partial charge in [-0.25, -0.2) is 9.59 Å². The Balaban J connectivity index is 1.45. The quantitative estimate of drug-likeness (QED) is 0.433. The van der Waals surface area contributed by atoms with Gasteiger partial charge in [-0.1, -0.05) is 6.07 Å². The molecule has 2 atom stereocenters. The summed E-state index contributed by atoms with van der Waals surface area (Å²) >= 11 is 0. The number of hydrogen-bond acceptors (Lipinski definition) is 10. The van der Waals surface area contributed by atoms with E-state index in [1.165, 1.54) is 12.0 Å². The molecule has 0 aliphatic carbocycles. The number of ether oxygens (including phenoxy) is 3. The number of hydrogen-bond donors (Lipinski definition) is 3. The molecule has 3 N–H and O–H groups in total. The fraction of sp³-hybridized carbons (Fsp3) is 0.533. The van der Waals surface area contributed by atoms with E-state index in [4.69, 9.17) is 14.2 Å². The average Bonchev–Trinajstić information content (AvgIpc) is 2.98. The van der Waals surface area contributed by atoms with Crippen LogP contribution in [0.2, 0.25) is 0 Å². The fourth-order valence-electron chi connectivity index (χ4n) is 5.16. The number of carbonyl (C=O) groups is 3. The molecule has 3 amide bonds. The van der Waals surface area contributed by atoms with Crippen molar-refractivity contribution in [1.82, 2.24) is 20.1 Å². The van der Waals surface area contributed by atoms with Gasteiger partial charge in [0.2, 0.25) is 5.88 Å². The summed E-state index contributed by atoms with van der Waals surface area (Å²) in [6.07, 6.45) is -1.77. The van der Waals surface area contributed by atoms with Gasteiger partial charge in [0.1, 0.15) is 22.7 Å². The summed E-state index contributed by atoms with van der Waals surface area (Å²) in [5.74, 6) is 0.373. The number of phenols is 1. The zero-order chi connectivity index (χ0) is 31.3. The Kier molecular flexibility index (Phi) is 9.84. The highest BCUT2D eigenvalue weighted by Crippen LogP contribution is 2.30. The molecular weight excluding hydrogens is 558 g/mol. The van der Waals surface area contributed by atoms with E-state index in [9.17, 15) is 24.6 Å². The predicted octanol–water partition coefficient (Wildman–Crippen LogP) is 2.53. The normalized spacial score (nSPS) is 17.5. The van der Waals surface area contributed by atoms with Crippen LogP contribution in [-0.2, 0) is 22.4 Å². The Labute approximate surface area is 251 Å². The van der Waals surface area contributed by atoms with Gasteiger partial charge in [-0.2, -0.15) is 4.98 Å². The summed E-state index contributed by atoms with van der Waals surface area (Å²) < 4.78 is 16.1. The Hall–Kier alpha value is -4.26. The molecular formula is C30H41N5O8. The van der Waals surface area contributed by atoms with Crippen LogP contribution in [0.25, 0.3) is 0 Å². The number of carbonyl (C=O) groups excluding carboxylic acids is 3. The molecule has 0 saturated carbocycles. The molecule has 43 heavy (non-hydrogen) atoms. The predicted molar refractivity (Wildman–Crippen MR) is 157 cm³/mol. The number of methoxy groups -OCH3 is 1. The van der Waals surface area contributed by atoms with Crippen molar-refractivity contribution in [3.63, 3.8) is 0 Å². The van der Waals surface area contributed by atoms with Gasteiger partial charge in [0.15, 0.2) is 0 Å². The van der Waals surface area contributed by atoms with E-state index in [-0.39, 0.29) is 43.0 Å². The highest BCUT2D eigenvalue weighted by Gasteiger charge is 2.37. The van der Waals surface area contributed by atoms with Crippen LogP contribution in [-0.4, -0.2) is 107 Å². The summed E-state index contributed by atoms with van der Waals surface area (Å²) in [6.45, 7) is 9.41. The van der Waals surface area contributed by atoms with Crippen LogP contribution in [0, 0.1) is 0 Å². The summed E-state index contributed by atoms with van der Waals surface area (Å²) in [5.41, 5.74) is 1.11. The van der Waals surface area contributed by atoms with Crippen LogP contribution in [0.4, 0.5) is 15.4 Å². The third-order valence-electron chi connectivity index (χ3n) is 7.31. The lowest BCUT2D eigenvalue weighted by molar-refractivity contribution is -0.0113. The second kappa shape index (κ2) is 13.4. The number of nitrogens with one attached hydrogen (secondary N) is 1. The molecule has 1 saturated heterocycles. The Morgan fingerprint density at radius 2 is 1.79 bits per heavy atom. The summed E-state index contributed by atoms with van der Waals surface area (Å²) in [5, 5.41) is 23.9. The first-order valence-electron chi connectivity index (χ1n) is 14.4. The Morgan fingerprint density at radius 3 is 2.44 bits per heavy atom. The lowest BCUT2D eigenvalue weighted by Gasteiger charge is -2.40. The topological polar surface area (TPSA) is 154 Å². The van der Waals surface area contributed by atoms with Crippen molar-refractivity contribution >= 4 is 23.9 Å². The maximum Gasteiger partial charge on any atom is 0.410 e. The lowest BCUT2D eigenvalue weighted by atomic mass is 9.91. The molecule has 13 nitrogen and oxygen atoms in total. The number of nitrogens with zero attached hydrogens (tertiary/aromatic N) is 4. The number of aromatic nitrogens is 1. The SMILES string of the molecule is CCOc1nc(N2CCN(C(=O)OC)CC2)ccc1C(=O)NC[C@@H](O)[C@@H]1Cc2ccc(O)cc2CN1C(=O)OC(C)(C)C. The van der Waals surface area contributed by atoms with E-state index in [2.05, 4.69) is 10.3 Å². The highest BCUT2D eigenvalue weighted by atomic mass is 16.6. The molecule has 234 valence electrons. The number of anilines is 1. The molecule has 3 heterocycles. The number of benzene rings is 1. The number of piperazine rings is 1. The maximum absolute atomic E-state index is 13.3. The molecule has 1 fully saturated rings. The van der Waals surface area contributed by atoms with Crippen molar-refractivity contribution in [2.45, 2.75) is 58.4 Å². The molecule has 2 aromatic rings. The van der Waals surface area contributed by atoms with Crippen molar-refractivity contribution in [3.05, 3.63) is 47.0 Å². The minimum absolute atomic E-state index is 0.0855. The number of aromatic hydroxyl groups is 1. The van der Waals surface area contributed by atoms with Gasteiger partial charge in [0.25, 0.3) is 5.91 Å². The summed E-state index contributed by atoms with van der Waals surface area (Å²) in [7, 11) is 1.35. The van der Waals surface area contributed by atoms with E-state index in [0.29, 0.717) is 38.4 Å². The Bertz CT molecular complexity index is 1320. The first-order valence-corrected chi connectivity index (χ1v) is 14.4. The molecule has 13 heteroatoms.